The van der Waals surface area contributed by atoms with Gasteiger partial charge in [0.1, 0.15) is 16.4 Å². The van der Waals surface area contributed by atoms with Crippen molar-refractivity contribution in [2.75, 3.05) is 28.5 Å². The molecule has 0 bridgehead atoms. The van der Waals surface area contributed by atoms with Gasteiger partial charge in [-0.3, -0.25) is 5.01 Å². The quantitative estimate of drug-likeness (QED) is 0.697. The van der Waals surface area contributed by atoms with E-state index in [0.717, 1.165) is 29.6 Å². The predicted molar refractivity (Wildman–Crippen MR) is 108 cm³/mol. The molecule has 1 aliphatic carbocycles. The van der Waals surface area contributed by atoms with Crippen molar-refractivity contribution in [2.45, 2.75) is 24.9 Å². The summed E-state index contributed by atoms with van der Waals surface area (Å²) < 4.78 is 6.07. The zero-order chi connectivity index (χ0) is 18.4. The minimum Gasteiger partial charge on any atom is -0.437 e. The lowest BCUT2D eigenvalue weighted by molar-refractivity contribution is 0.0629. The fourth-order valence-corrected chi connectivity index (χ4v) is 5.06. The summed E-state index contributed by atoms with van der Waals surface area (Å²) in [7, 11) is 0. The summed E-state index contributed by atoms with van der Waals surface area (Å²) in [5.41, 5.74) is 7.96. The summed E-state index contributed by atoms with van der Waals surface area (Å²) in [5.74, 6) is 3.25. The van der Waals surface area contributed by atoms with Crippen LogP contribution < -0.4 is 20.7 Å². The Bertz CT molecular complexity index is 871. The number of hydrazine groups is 2. The maximum absolute atomic E-state index is 11.0. The third-order valence-electron chi connectivity index (χ3n) is 5.31. The number of anilines is 2. The van der Waals surface area contributed by atoms with Gasteiger partial charge in [0.2, 0.25) is 5.88 Å². The van der Waals surface area contributed by atoms with Crippen molar-refractivity contribution in [3.63, 3.8) is 0 Å². The van der Waals surface area contributed by atoms with E-state index in [1.807, 2.05) is 24.3 Å². The molecule has 0 spiro atoms. The number of hydrogen-bond acceptors (Lipinski definition) is 7. The minimum atomic E-state index is -0.904. The van der Waals surface area contributed by atoms with E-state index in [9.17, 15) is 5.11 Å². The predicted octanol–water partition coefficient (Wildman–Crippen LogP) is 3.91. The number of aromatic nitrogens is 1. The smallest absolute Gasteiger partial charge is 0.225 e. The Morgan fingerprint density at radius 2 is 2.26 bits per heavy atom. The van der Waals surface area contributed by atoms with Crippen molar-refractivity contribution >= 4 is 34.7 Å². The van der Waals surface area contributed by atoms with E-state index in [1.165, 1.54) is 12.8 Å². The van der Waals surface area contributed by atoms with Gasteiger partial charge in [0.25, 0.3) is 0 Å². The third-order valence-corrected chi connectivity index (χ3v) is 6.86. The molecule has 0 amide bonds. The van der Waals surface area contributed by atoms with Crippen LogP contribution in [0.4, 0.5) is 11.4 Å². The largest absolute Gasteiger partial charge is 0.437 e. The minimum absolute atomic E-state index is 0.408. The van der Waals surface area contributed by atoms with Crippen LogP contribution in [0, 0.1) is 5.92 Å². The molecule has 1 atom stereocenters. The van der Waals surface area contributed by atoms with Crippen molar-refractivity contribution in [1.29, 1.82) is 0 Å². The van der Waals surface area contributed by atoms with Crippen LogP contribution in [-0.2, 0) is 5.60 Å². The fraction of sp³-hybridized carbons (Fsp3) is 0.421. The van der Waals surface area contributed by atoms with Gasteiger partial charge in [0.05, 0.1) is 11.4 Å². The first-order valence-electron chi connectivity index (χ1n) is 9.19. The molecule has 1 aromatic heterocycles. The van der Waals surface area contributed by atoms with Crippen molar-refractivity contribution < 1.29 is 9.84 Å². The van der Waals surface area contributed by atoms with Crippen LogP contribution in [0.1, 0.15) is 24.8 Å². The van der Waals surface area contributed by atoms with Gasteiger partial charge in [-0.2, -0.15) is 11.8 Å². The molecule has 6 nitrogen and oxygen atoms in total. The zero-order valence-corrected chi connectivity index (χ0v) is 16.3. The number of benzene rings is 1. The molecule has 1 saturated heterocycles. The highest BCUT2D eigenvalue weighted by atomic mass is 35.5. The van der Waals surface area contributed by atoms with E-state index in [0.29, 0.717) is 34.4 Å². The number of rotatable bonds is 5. The summed E-state index contributed by atoms with van der Waals surface area (Å²) in [6, 6.07) is 7.57. The van der Waals surface area contributed by atoms with Gasteiger partial charge >= 0.3 is 0 Å². The van der Waals surface area contributed by atoms with E-state index in [1.54, 1.807) is 18.0 Å². The molecule has 8 heteroatoms. The van der Waals surface area contributed by atoms with Gasteiger partial charge in [-0.15, -0.1) is 5.53 Å². The number of nitrogens with one attached hydrogen (secondary N) is 2. The first-order valence-corrected chi connectivity index (χ1v) is 10.7. The molecule has 1 saturated carbocycles. The fourth-order valence-electron chi connectivity index (χ4n) is 3.55. The normalized spacial score (nSPS) is 24.0. The number of nitrogens with zero attached hydrogens (tertiary/aromatic N) is 2. The van der Waals surface area contributed by atoms with Crippen molar-refractivity contribution in [3.05, 3.63) is 41.0 Å². The second kappa shape index (κ2) is 6.74. The van der Waals surface area contributed by atoms with Crippen LogP contribution in [0.3, 0.4) is 0 Å². The zero-order valence-electron chi connectivity index (χ0n) is 14.7. The van der Waals surface area contributed by atoms with Crippen molar-refractivity contribution in [2.24, 2.45) is 5.92 Å². The summed E-state index contributed by atoms with van der Waals surface area (Å²) in [6.07, 6.45) is 4.93. The molecule has 2 fully saturated rings. The molecule has 142 valence electrons. The van der Waals surface area contributed by atoms with Crippen LogP contribution in [0.15, 0.2) is 30.5 Å². The van der Waals surface area contributed by atoms with Gasteiger partial charge in [0, 0.05) is 24.1 Å². The van der Waals surface area contributed by atoms with Gasteiger partial charge < -0.3 is 15.3 Å². The monoisotopic (exact) mass is 404 g/mol. The maximum atomic E-state index is 11.0. The Morgan fingerprint density at radius 3 is 3.04 bits per heavy atom. The molecule has 0 radical (unpaired) electrons. The number of ether oxygens (including phenoxy) is 1. The maximum Gasteiger partial charge on any atom is 0.225 e. The standard InChI is InChI=1S/C19H21ClN4O2S/c20-16-15(6-5-14-17(16)22-23-24(14)10-12-3-4-12)26-18-13(2-1-8-21-18)19(25)7-9-27-11-19/h1-2,5-6,8,12,22-23,25H,3-4,7,9-11H2. The number of hydrogen-bond donors (Lipinski definition) is 3. The van der Waals surface area contributed by atoms with Crippen LogP contribution >= 0.6 is 23.4 Å². The molecule has 1 unspecified atom stereocenters. The lowest BCUT2D eigenvalue weighted by Crippen LogP contribution is -2.37. The van der Waals surface area contributed by atoms with Crippen LogP contribution in [0.2, 0.25) is 5.02 Å². The van der Waals surface area contributed by atoms with Gasteiger partial charge in [-0.05, 0) is 55.2 Å². The number of aliphatic hydroxyl groups is 1. The Kier molecular flexibility index (Phi) is 4.35. The second-order valence-corrected chi connectivity index (χ2v) is 8.84. The van der Waals surface area contributed by atoms with E-state index >= 15 is 0 Å². The molecule has 3 heterocycles. The Morgan fingerprint density at radius 1 is 1.37 bits per heavy atom. The highest BCUT2D eigenvalue weighted by molar-refractivity contribution is 7.99. The molecule has 1 aromatic carbocycles. The lowest BCUT2D eigenvalue weighted by Gasteiger charge is -2.24. The molecular formula is C19H21ClN4O2S. The lowest BCUT2D eigenvalue weighted by atomic mass is 9.94. The molecule has 2 aromatic rings. The number of halogens is 1. The molecule has 2 aliphatic heterocycles. The Labute approximate surface area is 167 Å². The average Bonchev–Trinajstić information content (AvgIpc) is 3.22. The van der Waals surface area contributed by atoms with E-state index in [4.69, 9.17) is 16.3 Å². The molecule has 5 rings (SSSR count). The first kappa shape index (κ1) is 17.4. The highest BCUT2D eigenvalue weighted by Crippen LogP contribution is 2.46. The molecular weight excluding hydrogens is 384 g/mol. The summed E-state index contributed by atoms with van der Waals surface area (Å²) in [6.45, 7) is 0.964. The van der Waals surface area contributed by atoms with Crippen LogP contribution in [0.5, 0.6) is 11.6 Å². The van der Waals surface area contributed by atoms with Gasteiger partial charge in [0.15, 0.2) is 0 Å². The van der Waals surface area contributed by atoms with Crippen LogP contribution in [0.25, 0.3) is 0 Å². The summed E-state index contributed by atoms with van der Waals surface area (Å²) >= 11 is 8.36. The van der Waals surface area contributed by atoms with Gasteiger partial charge in [-0.25, -0.2) is 4.98 Å². The second-order valence-electron chi connectivity index (χ2n) is 7.35. The third kappa shape index (κ3) is 3.23. The Balaban J connectivity index is 1.44. The average molecular weight is 405 g/mol. The van der Waals surface area contributed by atoms with Gasteiger partial charge in [-0.1, -0.05) is 11.6 Å². The molecule has 27 heavy (non-hydrogen) atoms. The summed E-state index contributed by atoms with van der Waals surface area (Å²) in [4.78, 5) is 4.36. The molecule has 3 N–H and O–H groups in total. The first-order chi connectivity index (χ1) is 13.1. The number of pyridine rings is 1. The Hall–Kier alpha value is -1.67. The topological polar surface area (TPSA) is 69.7 Å². The van der Waals surface area contributed by atoms with Crippen molar-refractivity contribution in [3.8, 4) is 11.6 Å². The number of thioether (sulfide) groups is 1. The van der Waals surface area contributed by atoms with Crippen LogP contribution in [-0.4, -0.2) is 28.1 Å². The van der Waals surface area contributed by atoms with E-state index in [-0.39, 0.29) is 0 Å². The van der Waals surface area contributed by atoms with Crippen molar-refractivity contribution in [1.82, 2.24) is 10.5 Å². The summed E-state index contributed by atoms with van der Waals surface area (Å²) in [5, 5.41) is 13.6. The number of fused-ring (bicyclic) bond motifs is 1. The molecule has 3 aliphatic rings. The van der Waals surface area contributed by atoms with E-state index < -0.39 is 5.60 Å². The highest BCUT2D eigenvalue weighted by Gasteiger charge is 2.37. The van der Waals surface area contributed by atoms with E-state index in [2.05, 4.69) is 21.0 Å². The SMILES string of the molecule is OC1(c2cccnc2Oc2ccc3c(c2Cl)NNN3CC2CC2)CCSC1.